The molecule has 4 rings (SSSR count). The molecule has 2 atom stereocenters. The summed E-state index contributed by atoms with van der Waals surface area (Å²) >= 11 is 1.59. The van der Waals surface area contributed by atoms with Gasteiger partial charge in [0.25, 0.3) is 11.8 Å². The first-order chi connectivity index (χ1) is 12.7. The standard InChI is InChI=1S/C19H25N3O3S/c23-17(20-12-14-5-4-10-25-14)13-6-7-16-15(11-13)21-18(24)19(26-16)22-8-2-1-3-9-22/h6-7,11,14,19H,1-5,8-10,12H2,(H,20,23)(H,21,24). The normalized spacial score (nSPS) is 26.2. The average molecular weight is 375 g/mol. The lowest BCUT2D eigenvalue weighted by atomic mass is 10.1. The van der Waals surface area contributed by atoms with Crippen molar-refractivity contribution in [2.45, 2.75) is 48.5 Å². The van der Waals surface area contributed by atoms with Gasteiger partial charge in [-0.1, -0.05) is 18.2 Å². The van der Waals surface area contributed by atoms with Crippen molar-refractivity contribution >= 4 is 29.3 Å². The monoisotopic (exact) mass is 375 g/mol. The van der Waals surface area contributed by atoms with Crippen LogP contribution in [0.1, 0.15) is 42.5 Å². The molecule has 3 aliphatic heterocycles. The van der Waals surface area contributed by atoms with E-state index >= 15 is 0 Å². The van der Waals surface area contributed by atoms with Crippen molar-refractivity contribution in [1.29, 1.82) is 0 Å². The highest BCUT2D eigenvalue weighted by Crippen LogP contribution is 2.38. The molecule has 2 amide bonds. The van der Waals surface area contributed by atoms with Gasteiger partial charge in [-0.25, -0.2) is 0 Å². The molecule has 0 spiro atoms. The van der Waals surface area contributed by atoms with Gasteiger partial charge in [-0.05, 0) is 57.0 Å². The molecule has 2 N–H and O–H groups in total. The second-order valence-electron chi connectivity index (χ2n) is 7.11. The first-order valence-corrected chi connectivity index (χ1v) is 10.3. The molecule has 6 nitrogen and oxygen atoms in total. The molecular formula is C19H25N3O3S. The molecule has 1 aromatic carbocycles. The number of amides is 2. The third-order valence-electron chi connectivity index (χ3n) is 5.20. The Bertz CT molecular complexity index is 685. The number of fused-ring (bicyclic) bond motifs is 1. The molecule has 2 saturated heterocycles. The second-order valence-corrected chi connectivity index (χ2v) is 8.23. The van der Waals surface area contributed by atoms with Gasteiger partial charge >= 0.3 is 0 Å². The number of nitrogens with zero attached hydrogens (tertiary/aromatic N) is 1. The topological polar surface area (TPSA) is 70.7 Å². The molecule has 0 aliphatic carbocycles. The molecule has 2 unspecified atom stereocenters. The summed E-state index contributed by atoms with van der Waals surface area (Å²) in [7, 11) is 0. The lowest BCUT2D eigenvalue weighted by Crippen LogP contribution is -2.46. The number of hydrogen-bond acceptors (Lipinski definition) is 5. The van der Waals surface area contributed by atoms with Gasteiger partial charge in [-0.3, -0.25) is 14.5 Å². The van der Waals surface area contributed by atoms with Gasteiger partial charge in [0.1, 0.15) is 5.37 Å². The summed E-state index contributed by atoms with van der Waals surface area (Å²) in [5.41, 5.74) is 1.30. The van der Waals surface area contributed by atoms with Gasteiger partial charge in [-0.2, -0.15) is 0 Å². The van der Waals surface area contributed by atoms with E-state index in [0.29, 0.717) is 12.1 Å². The van der Waals surface area contributed by atoms with Gasteiger partial charge in [0.15, 0.2) is 0 Å². The van der Waals surface area contributed by atoms with Crippen molar-refractivity contribution in [3.8, 4) is 0 Å². The van der Waals surface area contributed by atoms with Crippen LogP contribution in [0, 0.1) is 0 Å². The Morgan fingerprint density at radius 2 is 2.12 bits per heavy atom. The predicted octanol–water partition coefficient (Wildman–Crippen LogP) is 2.45. The molecule has 7 heteroatoms. The van der Waals surface area contributed by atoms with Crippen LogP contribution in [0.3, 0.4) is 0 Å². The Morgan fingerprint density at radius 3 is 2.88 bits per heavy atom. The molecule has 1 aromatic rings. The minimum Gasteiger partial charge on any atom is -0.376 e. The molecule has 0 aromatic heterocycles. The molecule has 0 bridgehead atoms. The summed E-state index contributed by atoms with van der Waals surface area (Å²) in [4.78, 5) is 28.2. The van der Waals surface area contributed by atoms with Crippen LogP contribution in [0.25, 0.3) is 0 Å². The highest BCUT2D eigenvalue weighted by atomic mass is 32.2. The zero-order chi connectivity index (χ0) is 17.9. The average Bonchev–Trinajstić information content (AvgIpc) is 3.19. The van der Waals surface area contributed by atoms with Crippen LogP contribution in [0.15, 0.2) is 23.1 Å². The molecule has 2 fully saturated rings. The van der Waals surface area contributed by atoms with E-state index in [9.17, 15) is 9.59 Å². The molecule has 3 heterocycles. The summed E-state index contributed by atoms with van der Waals surface area (Å²) in [6.45, 7) is 3.27. The van der Waals surface area contributed by atoms with E-state index in [4.69, 9.17) is 4.74 Å². The van der Waals surface area contributed by atoms with Crippen LogP contribution in [0.4, 0.5) is 5.69 Å². The minimum absolute atomic E-state index is 0.0151. The van der Waals surface area contributed by atoms with Crippen LogP contribution in [0.2, 0.25) is 0 Å². The van der Waals surface area contributed by atoms with E-state index in [0.717, 1.165) is 56.0 Å². The number of hydrogen-bond donors (Lipinski definition) is 2. The Hall–Kier alpha value is -1.57. The zero-order valence-electron chi connectivity index (χ0n) is 14.8. The zero-order valence-corrected chi connectivity index (χ0v) is 15.6. The van der Waals surface area contributed by atoms with Gasteiger partial charge in [0.05, 0.1) is 11.8 Å². The third-order valence-corrected chi connectivity index (χ3v) is 6.54. The van der Waals surface area contributed by atoms with E-state index < -0.39 is 0 Å². The molecule has 3 aliphatic rings. The van der Waals surface area contributed by atoms with Crippen LogP contribution in [0.5, 0.6) is 0 Å². The fourth-order valence-electron chi connectivity index (χ4n) is 3.75. The summed E-state index contributed by atoms with van der Waals surface area (Å²) in [5, 5.41) is 5.76. The number of piperidine rings is 1. The maximum absolute atomic E-state index is 12.5. The van der Waals surface area contributed by atoms with E-state index in [1.165, 1.54) is 6.42 Å². The van der Waals surface area contributed by atoms with Crippen LogP contribution < -0.4 is 10.6 Å². The summed E-state index contributed by atoms with van der Waals surface area (Å²) in [6.07, 6.45) is 5.73. The van der Waals surface area contributed by atoms with Gasteiger partial charge in [0.2, 0.25) is 0 Å². The SMILES string of the molecule is O=C(NCC1CCCO1)c1ccc2c(c1)NC(=O)C(N1CCCCC1)S2. The first kappa shape index (κ1) is 17.8. The number of carbonyl (C=O) groups excluding carboxylic acids is 2. The van der Waals surface area contributed by atoms with Crippen molar-refractivity contribution < 1.29 is 14.3 Å². The van der Waals surface area contributed by atoms with Gasteiger partial charge < -0.3 is 15.4 Å². The molecule has 0 saturated carbocycles. The van der Waals surface area contributed by atoms with Crippen molar-refractivity contribution in [2.75, 3.05) is 31.6 Å². The lowest BCUT2D eigenvalue weighted by Gasteiger charge is -2.35. The number of anilines is 1. The van der Waals surface area contributed by atoms with Crippen molar-refractivity contribution in [2.24, 2.45) is 0 Å². The Kier molecular flexibility index (Phi) is 5.47. The Labute approximate surface area is 158 Å². The number of thioether (sulfide) groups is 1. The molecule has 0 radical (unpaired) electrons. The number of nitrogens with one attached hydrogen (secondary N) is 2. The van der Waals surface area contributed by atoms with Crippen molar-refractivity contribution in [3.63, 3.8) is 0 Å². The largest absolute Gasteiger partial charge is 0.376 e. The second kappa shape index (κ2) is 7.98. The molecular weight excluding hydrogens is 350 g/mol. The molecule has 26 heavy (non-hydrogen) atoms. The maximum atomic E-state index is 12.5. The quantitative estimate of drug-likeness (QED) is 0.846. The highest BCUT2D eigenvalue weighted by Gasteiger charge is 2.33. The van der Waals surface area contributed by atoms with E-state index in [1.807, 2.05) is 12.1 Å². The number of benzene rings is 1. The predicted molar refractivity (Wildman–Crippen MR) is 101 cm³/mol. The van der Waals surface area contributed by atoms with Gasteiger partial charge in [-0.15, -0.1) is 0 Å². The van der Waals surface area contributed by atoms with Crippen molar-refractivity contribution in [3.05, 3.63) is 23.8 Å². The fraction of sp³-hybridized carbons (Fsp3) is 0.579. The van der Waals surface area contributed by atoms with Crippen LogP contribution in [-0.2, 0) is 9.53 Å². The number of likely N-dealkylation sites (tertiary alicyclic amines) is 1. The number of rotatable bonds is 4. The minimum atomic E-state index is -0.165. The van der Waals surface area contributed by atoms with Crippen LogP contribution >= 0.6 is 11.8 Å². The molecule has 140 valence electrons. The smallest absolute Gasteiger partial charge is 0.252 e. The number of carbonyl (C=O) groups is 2. The Balaban J connectivity index is 1.41. The summed E-state index contributed by atoms with van der Waals surface area (Å²) < 4.78 is 5.53. The van der Waals surface area contributed by atoms with E-state index in [1.54, 1.807) is 17.8 Å². The van der Waals surface area contributed by atoms with Crippen molar-refractivity contribution in [1.82, 2.24) is 10.2 Å². The first-order valence-electron chi connectivity index (χ1n) is 9.46. The van der Waals surface area contributed by atoms with E-state index in [2.05, 4.69) is 15.5 Å². The maximum Gasteiger partial charge on any atom is 0.252 e. The lowest BCUT2D eigenvalue weighted by molar-refractivity contribution is -0.118. The Morgan fingerprint density at radius 1 is 1.27 bits per heavy atom. The summed E-state index contributed by atoms with van der Waals surface area (Å²) in [5.74, 6) is -0.109. The number of ether oxygens (including phenoxy) is 1. The van der Waals surface area contributed by atoms with Crippen LogP contribution in [-0.4, -0.2) is 54.4 Å². The van der Waals surface area contributed by atoms with Gasteiger partial charge in [0, 0.05) is 23.6 Å². The summed E-state index contributed by atoms with van der Waals surface area (Å²) in [6, 6.07) is 5.55. The van der Waals surface area contributed by atoms with E-state index in [-0.39, 0.29) is 23.3 Å². The third kappa shape index (κ3) is 3.89. The highest BCUT2D eigenvalue weighted by molar-refractivity contribution is 8.00. The fourth-order valence-corrected chi connectivity index (χ4v) is 4.90.